The van der Waals surface area contributed by atoms with E-state index in [2.05, 4.69) is 16.6 Å². The van der Waals surface area contributed by atoms with Gasteiger partial charge in [0.15, 0.2) is 5.69 Å². The van der Waals surface area contributed by atoms with E-state index < -0.39 is 5.97 Å². The summed E-state index contributed by atoms with van der Waals surface area (Å²) < 4.78 is 10.0. The molecule has 0 unspecified atom stereocenters. The number of thiazole rings is 1. The van der Waals surface area contributed by atoms with Crippen LogP contribution in [0.25, 0.3) is 0 Å². The monoisotopic (exact) mass is 370 g/mol. The van der Waals surface area contributed by atoms with Crippen molar-refractivity contribution in [1.29, 1.82) is 0 Å². The quantitative estimate of drug-likeness (QED) is 0.391. The summed E-state index contributed by atoms with van der Waals surface area (Å²) in [5.74, 6) is -0.307. The zero-order valence-corrected chi connectivity index (χ0v) is 16.4. The van der Waals surface area contributed by atoms with E-state index in [4.69, 9.17) is 4.74 Å². The maximum atomic E-state index is 12.5. The second-order valence-electron chi connectivity index (χ2n) is 5.79. The van der Waals surface area contributed by atoms with E-state index in [9.17, 15) is 9.59 Å². The number of rotatable bonds is 13. The fourth-order valence-corrected chi connectivity index (χ4v) is 3.18. The maximum Gasteiger partial charge on any atom is 0.357 e. The Bertz CT molecular complexity index is 519. The van der Waals surface area contributed by atoms with E-state index in [0.29, 0.717) is 38.4 Å². The smallest absolute Gasteiger partial charge is 0.357 e. The van der Waals surface area contributed by atoms with Gasteiger partial charge in [0, 0.05) is 31.6 Å². The molecule has 6 nitrogen and oxygen atoms in total. The third kappa shape index (κ3) is 8.45. The molecule has 1 rings (SSSR count). The molecule has 0 saturated heterocycles. The van der Waals surface area contributed by atoms with Gasteiger partial charge in [-0.1, -0.05) is 26.2 Å². The van der Waals surface area contributed by atoms with Crippen molar-refractivity contribution < 1.29 is 19.1 Å². The van der Waals surface area contributed by atoms with Crippen LogP contribution in [0.1, 0.15) is 67.9 Å². The lowest BCUT2D eigenvalue weighted by atomic mass is 10.1. The molecule has 0 N–H and O–H groups in total. The number of carbonyl (C=O) groups is 2. The normalized spacial score (nSPS) is 10.7. The first kappa shape index (κ1) is 21.6. The van der Waals surface area contributed by atoms with Gasteiger partial charge in [-0.25, -0.2) is 9.78 Å². The Morgan fingerprint density at radius 3 is 2.68 bits per heavy atom. The molecule has 0 aliphatic heterocycles. The zero-order valence-electron chi connectivity index (χ0n) is 15.6. The minimum atomic E-state index is -0.448. The highest BCUT2D eigenvalue weighted by Gasteiger charge is 2.17. The Labute approximate surface area is 154 Å². The highest BCUT2D eigenvalue weighted by atomic mass is 32.1. The van der Waals surface area contributed by atoms with Crippen LogP contribution in [0, 0.1) is 0 Å². The van der Waals surface area contributed by atoms with E-state index in [1.807, 2.05) is 11.8 Å². The molecule has 0 aromatic carbocycles. The van der Waals surface area contributed by atoms with Gasteiger partial charge in [0.1, 0.15) is 5.01 Å². The van der Waals surface area contributed by atoms with Crippen LogP contribution in [-0.4, -0.2) is 48.6 Å². The molecule has 142 valence electrons. The molecular weight excluding hydrogens is 340 g/mol. The van der Waals surface area contributed by atoms with Crippen molar-refractivity contribution in [2.75, 3.05) is 26.9 Å². The van der Waals surface area contributed by atoms with Crippen molar-refractivity contribution >= 4 is 23.2 Å². The van der Waals surface area contributed by atoms with Gasteiger partial charge < -0.3 is 14.4 Å². The molecule has 1 aromatic heterocycles. The van der Waals surface area contributed by atoms with Gasteiger partial charge in [0.25, 0.3) is 0 Å². The van der Waals surface area contributed by atoms with Crippen LogP contribution in [0.3, 0.4) is 0 Å². The van der Waals surface area contributed by atoms with E-state index in [-0.39, 0.29) is 5.91 Å². The van der Waals surface area contributed by atoms with Crippen LogP contribution >= 0.6 is 11.3 Å². The summed E-state index contributed by atoms with van der Waals surface area (Å²) in [4.78, 5) is 30.2. The van der Waals surface area contributed by atoms with Gasteiger partial charge in [-0.2, -0.15) is 0 Å². The van der Waals surface area contributed by atoms with Crippen molar-refractivity contribution in [3.8, 4) is 0 Å². The lowest BCUT2D eigenvalue weighted by Crippen LogP contribution is -2.32. The van der Waals surface area contributed by atoms with Crippen molar-refractivity contribution in [3.05, 3.63) is 16.1 Å². The van der Waals surface area contributed by atoms with Crippen LogP contribution in [-0.2, 0) is 20.8 Å². The molecule has 0 atom stereocenters. The van der Waals surface area contributed by atoms with Crippen molar-refractivity contribution in [2.24, 2.45) is 0 Å². The second-order valence-corrected chi connectivity index (χ2v) is 6.74. The Hall–Kier alpha value is -1.47. The van der Waals surface area contributed by atoms with Gasteiger partial charge in [-0.05, 0) is 19.8 Å². The topological polar surface area (TPSA) is 68.7 Å². The first-order chi connectivity index (χ1) is 12.1. The Balaban J connectivity index is 2.61. The van der Waals surface area contributed by atoms with Crippen molar-refractivity contribution in [1.82, 2.24) is 9.88 Å². The number of hydrogen-bond acceptors (Lipinski definition) is 6. The van der Waals surface area contributed by atoms with Gasteiger partial charge >= 0.3 is 5.97 Å². The van der Waals surface area contributed by atoms with Crippen molar-refractivity contribution in [3.63, 3.8) is 0 Å². The van der Waals surface area contributed by atoms with Crippen LogP contribution in [0.4, 0.5) is 0 Å². The highest BCUT2D eigenvalue weighted by molar-refractivity contribution is 7.09. The van der Waals surface area contributed by atoms with E-state index in [1.54, 1.807) is 5.38 Å². The lowest BCUT2D eigenvalue weighted by molar-refractivity contribution is -0.132. The molecule has 1 amide bonds. The predicted molar refractivity (Wildman–Crippen MR) is 98.7 cm³/mol. The van der Waals surface area contributed by atoms with E-state index in [0.717, 1.165) is 37.1 Å². The Morgan fingerprint density at radius 1 is 1.20 bits per heavy atom. The lowest BCUT2D eigenvalue weighted by Gasteiger charge is -2.21. The molecule has 0 radical (unpaired) electrons. The minimum Gasteiger partial charge on any atom is -0.464 e. The van der Waals surface area contributed by atoms with Crippen LogP contribution in [0.2, 0.25) is 0 Å². The van der Waals surface area contributed by atoms with Gasteiger partial charge in [-0.3, -0.25) is 4.79 Å². The van der Waals surface area contributed by atoms with Crippen LogP contribution in [0.15, 0.2) is 5.38 Å². The molecule has 0 saturated carbocycles. The molecule has 0 spiro atoms. The second kappa shape index (κ2) is 12.8. The molecule has 0 aliphatic rings. The summed E-state index contributed by atoms with van der Waals surface area (Å²) in [7, 11) is 1.33. The number of nitrogens with zero attached hydrogens (tertiary/aromatic N) is 2. The number of ether oxygens (including phenoxy) is 2. The minimum absolute atomic E-state index is 0.141. The highest BCUT2D eigenvalue weighted by Crippen LogP contribution is 2.15. The maximum absolute atomic E-state index is 12.5. The number of methoxy groups -OCH3 is 1. The molecule has 7 heteroatoms. The fourth-order valence-electron chi connectivity index (χ4n) is 2.40. The SMILES string of the molecule is CCCCCCC(=O)N(CCCOCC)Cc1nc(C(=O)OC)cs1. The van der Waals surface area contributed by atoms with Gasteiger partial charge in [-0.15, -0.1) is 11.3 Å². The summed E-state index contributed by atoms with van der Waals surface area (Å²) in [6.07, 6.45) is 5.67. The third-order valence-corrected chi connectivity index (χ3v) is 4.62. The fraction of sp³-hybridized carbons (Fsp3) is 0.722. The summed E-state index contributed by atoms with van der Waals surface area (Å²) in [6.45, 7) is 6.51. The van der Waals surface area contributed by atoms with Crippen molar-refractivity contribution in [2.45, 2.75) is 58.9 Å². The Morgan fingerprint density at radius 2 is 2.00 bits per heavy atom. The summed E-state index contributed by atoms with van der Waals surface area (Å²) >= 11 is 1.38. The number of amides is 1. The summed E-state index contributed by atoms with van der Waals surface area (Å²) in [5.41, 5.74) is 0.298. The summed E-state index contributed by atoms with van der Waals surface area (Å²) in [5, 5.41) is 2.42. The average molecular weight is 371 g/mol. The molecule has 0 aliphatic carbocycles. The summed E-state index contributed by atoms with van der Waals surface area (Å²) in [6, 6.07) is 0. The molecule has 25 heavy (non-hydrogen) atoms. The molecular formula is C18H30N2O4S. The zero-order chi connectivity index (χ0) is 18.5. The predicted octanol–water partition coefficient (Wildman–Crippen LogP) is 3.66. The van der Waals surface area contributed by atoms with Crippen LogP contribution in [0.5, 0.6) is 0 Å². The molecule has 0 bridgehead atoms. The first-order valence-corrected chi connectivity index (χ1v) is 9.88. The molecule has 1 heterocycles. The number of carbonyl (C=O) groups excluding carboxylic acids is 2. The number of esters is 1. The first-order valence-electron chi connectivity index (χ1n) is 9.00. The van der Waals surface area contributed by atoms with Gasteiger partial charge in [0.2, 0.25) is 5.91 Å². The third-order valence-electron chi connectivity index (χ3n) is 3.79. The van der Waals surface area contributed by atoms with Crippen LogP contribution < -0.4 is 0 Å². The number of aromatic nitrogens is 1. The molecule has 0 fully saturated rings. The van der Waals surface area contributed by atoms with E-state index in [1.165, 1.54) is 18.4 Å². The largest absolute Gasteiger partial charge is 0.464 e. The number of unbranched alkanes of at least 4 members (excludes halogenated alkanes) is 3. The van der Waals surface area contributed by atoms with E-state index >= 15 is 0 Å². The standard InChI is InChI=1S/C18H30N2O4S/c1-4-6-7-8-10-17(21)20(11-9-12-24-5-2)13-16-19-15(14-25-16)18(22)23-3/h14H,4-13H2,1-3H3. The Kier molecular flexibility index (Phi) is 11.1. The van der Waals surface area contributed by atoms with Gasteiger partial charge in [0.05, 0.1) is 13.7 Å². The average Bonchev–Trinajstić information content (AvgIpc) is 3.09. The number of hydrogen-bond donors (Lipinski definition) is 0. The molecule has 1 aromatic rings.